The average molecular weight is 699 g/mol. The van der Waals surface area contributed by atoms with Gasteiger partial charge in [-0.15, -0.1) is 0 Å². The third-order valence-electron chi connectivity index (χ3n) is 7.26. The highest BCUT2D eigenvalue weighted by Gasteiger charge is 2.53. The van der Waals surface area contributed by atoms with Crippen LogP contribution in [0.2, 0.25) is 0 Å². The van der Waals surface area contributed by atoms with Crippen molar-refractivity contribution in [3.05, 3.63) is 71.8 Å². The van der Waals surface area contributed by atoms with E-state index in [1.807, 2.05) is 30.3 Å². The van der Waals surface area contributed by atoms with Crippen LogP contribution in [-0.2, 0) is 60.7 Å². The number of carbonyl (C=O) groups excluding carboxylic acids is 6. The first-order valence-electron chi connectivity index (χ1n) is 16.3. The van der Waals surface area contributed by atoms with Crippen LogP contribution in [0.5, 0.6) is 0 Å². The van der Waals surface area contributed by atoms with Crippen molar-refractivity contribution < 1.29 is 47.7 Å². The minimum atomic E-state index is -1.10. The summed E-state index contributed by atoms with van der Waals surface area (Å²) in [5, 5.41) is 12.4. The number of benzene rings is 2. The molecular formula is C34H46N6O10. The molecule has 1 saturated carbocycles. The van der Waals surface area contributed by atoms with E-state index in [1.54, 1.807) is 30.3 Å². The summed E-state index contributed by atoms with van der Waals surface area (Å²) in [5.41, 5.74) is 5.80. The van der Waals surface area contributed by atoms with Gasteiger partial charge in [0.25, 0.3) is 0 Å². The van der Waals surface area contributed by atoms with Crippen molar-refractivity contribution in [1.82, 2.24) is 26.6 Å². The maximum absolute atomic E-state index is 13.0. The number of esters is 1. The zero-order chi connectivity index (χ0) is 36.0. The summed E-state index contributed by atoms with van der Waals surface area (Å²) in [6.45, 7) is 0.273. The lowest BCUT2D eigenvalue weighted by Crippen LogP contribution is -2.52. The molecule has 1 aliphatic rings. The van der Waals surface area contributed by atoms with Gasteiger partial charge in [0.1, 0.15) is 19.4 Å². The van der Waals surface area contributed by atoms with Gasteiger partial charge in [-0.2, -0.15) is 0 Å². The van der Waals surface area contributed by atoms with E-state index in [-0.39, 0.29) is 39.3 Å². The molecule has 0 aromatic heterocycles. The van der Waals surface area contributed by atoms with Crippen LogP contribution in [0.1, 0.15) is 30.4 Å². The second kappa shape index (κ2) is 21.9. The molecule has 1 atom stereocenters. The number of ether oxygens (including phenoxy) is 4. The number of carbonyl (C=O) groups is 6. The summed E-state index contributed by atoms with van der Waals surface area (Å²) < 4.78 is 21.4. The molecule has 50 heavy (non-hydrogen) atoms. The van der Waals surface area contributed by atoms with Gasteiger partial charge in [0.15, 0.2) is 5.60 Å². The van der Waals surface area contributed by atoms with Crippen molar-refractivity contribution in [3.8, 4) is 0 Å². The summed E-state index contributed by atoms with van der Waals surface area (Å²) in [7, 11) is 0. The molecule has 2 aromatic carbocycles. The first-order chi connectivity index (χ1) is 24.2. The molecule has 272 valence electrons. The van der Waals surface area contributed by atoms with Gasteiger partial charge in [0, 0.05) is 19.4 Å². The highest BCUT2D eigenvalue weighted by Crippen LogP contribution is 2.40. The number of rotatable bonds is 24. The van der Waals surface area contributed by atoms with E-state index >= 15 is 0 Å². The molecule has 0 spiro atoms. The van der Waals surface area contributed by atoms with Crippen molar-refractivity contribution in [2.45, 2.75) is 43.9 Å². The minimum absolute atomic E-state index is 0.0383. The van der Waals surface area contributed by atoms with Gasteiger partial charge in [-0.3, -0.25) is 24.0 Å². The molecule has 3 rings (SSSR count). The van der Waals surface area contributed by atoms with E-state index in [0.717, 1.165) is 11.1 Å². The molecule has 16 heteroatoms. The van der Waals surface area contributed by atoms with E-state index in [0.29, 0.717) is 39.2 Å². The number of nitrogens with one attached hydrogen (secondary N) is 5. The van der Waals surface area contributed by atoms with Crippen LogP contribution >= 0.6 is 0 Å². The van der Waals surface area contributed by atoms with Gasteiger partial charge in [-0.1, -0.05) is 60.7 Å². The molecular weight excluding hydrogens is 652 g/mol. The van der Waals surface area contributed by atoms with Crippen molar-refractivity contribution >= 4 is 35.5 Å². The molecule has 16 nitrogen and oxygen atoms in total. The fraction of sp³-hybridized carbons (Fsp3) is 0.471. The van der Waals surface area contributed by atoms with Crippen LogP contribution in [0, 0.1) is 0 Å². The molecule has 0 heterocycles. The molecule has 0 aliphatic heterocycles. The summed E-state index contributed by atoms with van der Waals surface area (Å²) in [6.07, 6.45) is 1.08. The lowest BCUT2D eigenvalue weighted by atomic mass is 10.1. The first kappa shape index (κ1) is 39.5. The normalized spacial score (nSPS) is 13.3. The van der Waals surface area contributed by atoms with Crippen molar-refractivity contribution in [2.24, 2.45) is 5.73 Å². The second-order valence-corrected chi connectivity index (χ2v) is 11.3. The fourth-order valence-corrected chi connectivity index (χ4v) is 4.37. The Balaban J connectivity index is 1.36. The summed E-state index contributed by atoms with van der Waals surface area (Å²) in [5.74, 6) is -3.38. The molecule has 1 aliphatic carbocycles. The average Bonchev–Trinajstić information content (AvgIpc) is 3.92. The van der Waals surface area contributed by atoms with Gasteiger partial charge in [-0.05, 0) is 24.0 Å². The van der Waals surface area contributed by atoms with Crippen LogP contribution in [0.15, 0.2) is 60.7 Å². The predicted octanol–water partition coefficient (Wildman–Crippen LogP) is -1.19. The lowest BCUT2D eigenvalue weighted by Gasteiger charge is -2.19. The van der Waals surface area contributed by atoms with Crippen LogP contribution < -0.4 is 32.3 Å². The Labute approximate surface area is 290 Å². The van der Waals surface area contributed by atoms with E-state index in [9.17, 15) is 28.8 Å². The Kier molecular flexibility index (Phi) is 17.4. The Hall–Kier alpha value is -4.90. The summed E-state index contributed by atoms with van der Waals surface area (Å²) >= 11 is 0. The van der Waals surface area contributed by atoms with Crippen LogP contribution in [0.4, 0.5) is 0 Å². The number of hydrogen-bond acceptors (Lipinski definition) is 11. The second-order valence-electron chi connectivity index (χ2n) is 11.3. The van der Waals surface area contributed by atoms with E-state index in [1.165, 1.54) is 0 Å². The number of nitrogens with two attached hydrogens (primary N) is 1. The number of amides is 5. The topological polar surface area (TPSA) is 226 Å². The lowest BCUT2D eigenvalue weighted by molar-refractivity contribution is -0.163. The van der Waals surface area contributed by atoms with E-state index < -0.39 is 60.2 Å². The third kappa shape index (κ3) is 15.5. The molecule has 2 aromatic rings. The molecule has 1 fully saturated rings. The molecule has 0 radical (unpaired) electrons. The van der Waals surface area contributed by atoms with Crippen LogP contribution in [-0.4, -0.2) is 106 Å². The van der Waals surface area contributed by atoms with Crippen molar-refractivity contribution in [2.75, 3.05) is 59.3 Å². The standard InChI is InChI=1S/C34H46N6O10/c35-14-16-48-18-17-47-15-11-28(41)36-20-29(42)37-22-31(44)40-27(19-25-7-3-1-4-8-25)32(45)38-21-30(43)39-24-50-34(12-13-34)33(46)49-23-26-9-5-2-6-10-26/h1-10,27H,11-24,35H2,(H,36,41)(H,37,42)(H,38,45)(H,39,43)(H,40,44)/t27-/m0/s1. The third-order valence-corrected chi connectivity index (χ3v) is 7.26. The maximum Gasteiger partial charge on any atom is 0.338 e. The molecule has 7 N–H and O–H groups in total. The van der Waals surface area contributed by atoms with E-state index in [2.05, 4.69) is 26.6 Å². The molecule has 0 saturated heterocycles. The van der Waals surface area contributed by atoms with Crippen LogP contribution in [0.25, 0.3) is 0 Å². The molecule has 0 unspecified atom stereocenters. The van der Waals surface area contributed by atoms with Crippen molar-refractivity contribution in [1.29, 1.82) is 0 Å². The van der Waals surface area contributed by atoms with E-state index in [4.69, 9.17) is 24.7 Å². The molecule has 5 amide bonds. The zero-order valence-electron chi connectivity index (χ0n) is 27.9. The maximum atomic E-state index is 13.0. The summed E-state index contributed by atoms with van der Waals surface area (Å²) in [6, 6.07) is 17.1. The van der Waals surface area contributed by atoms with Gasteiger partial charge < -0.3 is 51.3 Å². The van der Waals surface area contributed by atoms with Gasteiger partial charge >= 0.3 is 5.97 Å². The highest BCUT2D eigenvalue weighted by atomic mass is 16.6. The first-order valence-corrected chi connectivity index (χ1v) is 16.3. The summed E-state index contributed by atoms with van der Waals surface area (Å²) in [4.78, 5) is 74.8. The Morgan fingerprint density at radius 3 is 1.92 bits per heavy atom. The van der Waals surface area contributed by atoms with Gasteiger partial charge in [0.2, 0.25) is 29.5 Å². The Morgan fingerprint density at radius 1 is 0.680 bits per heavy atom. The SMILES string of the molecule is NCCOCCOCCC(=O)NCC(=O)NCC(=O)N[C@@H](Cc1ccccc1)C(=O)NCC(=O)NCOC1(C(=O)OCc2ccccc2)CC1. The zero-order valence-corrected chi connectivity index (χ0v) is 27.9. The van der Waals surface area contributed by atoms with Gasteiger partial charge in [-0.25, -0.2) is 4.79 Å². The fourth-order valence-electron chi connectivity index (χ4n) is 4.37. The quantitative estimate of drug-likeness (QED) is 0.0434. The smallest absolute Gasteiger partial charge is 0.338 e. The number of hydrogen-bond donors (Lipinski definition) is 6. The Bertz CT molecular complexity index is 1390. The predicted molar refractivity (Wildman–Crippen MR) is 179 cm³/mol. The monoisotopic (exact) mass is 698 g/mol. The van der Waals surface area contributed by atoms with Gasteiger partial charge in [0.05, 0.1) is 46.1 Å². The van der Waals surface area contributed by atoms with Crippen molar-refractivity contribution in [3.63, 3.8) is 0 Å². The van der Waals surface area contributed by atoms with Crippen LogP contribution in [0.3, 0.4) is 0 Å². The molecule has 0 bridgehead atoms. The minimum Gasteiger partial charge on any atom is -0.459 e. The highest BCUT2D eigenvalue weighted by molar-refractivity contribution is 5.92. The largest absolute Gasteiger partial charge is 0.459 e. The Morgan fingerprint density at radius 2 is 1.26 bits per heavy atom.